The van der Waals surface area contributed by atoms with Crippen molar-refractivity contribution in [3.63, 3.8) is 0 Å². The molecule has 1 N–H and O–H groups in total. The molecule has 110 valence electrons. The Balaban J connectivity index is 2.45. The van der Waals surface area contributed by atoms with Crippen LogP contribution in [0.15, 0.2) is 24.3 Å². The molecule has 1 amide bonds. The summed E-state index contributed by atoms with van der Waals surface area (Å²) in [6.07, 6.45) is 2.18. The van der Waals surface area contributed by atoms with E-state index in [0.29, 0.717) is 23.0 Å². The van der Waals surface area contributed by atoms with Crippen LogP contribution in [0.4, 0.5) is 11.4 Å². The van der Waals surface area contributed by atoms with Crippen molar-refractivity contribution in [2.75, 3.05) is 5.32 Å². The third-order valence-corrected chi connectivity index (χ3v) is 3.20. The summed E-state index contributed by atoms with van der Waals surface area (Å²) in [6, 6.07) is 6.32. The molecule has 0 unspecified atom stereocenters. The number of nitrogens with one attached hydrogen (secondary N) is 1. The van der Waals surface area contributed by atoms with E-state index in [1.165, 1.54) is 12.1 Å². The molecule has 0 radical (unpaired) electrons. The normalized spacial score (nSPS) is 10.6. The Bertz CT molecular complexity index is 698. The summed E-state index contributed by atoms with van der Waals surface area (Å²) in [5.41, 5.74) is 1.70. The number of nitrogens with zero attached hydrogens (tertiary/aromatic N) is 2. The van der Waals surface area contributed by atoms with Crippen LogP contribution in [0.1, 0.15) is 31.9 Å². The number of pyridine rings is 1. The highest BCUT2D eigenvalue weighted by Gasteiger charge is 2.16. The molecular formula is C15H17N3O3. The topological polar surface area (TPSA) is 85.1 Å². The van der Waals surface area contributed by atoms with Gasteiger partial charge in [0.1, 0.15) is 5.52 Å². The average Bonchev–Trinajstić information content (AvgIpc) is 2.45. The predicted octanol–water partition coefficient (Wildman–Crippen LogP) is 3.58. The number of aryl methyl sites for hydroxylation is 1. The zero-order valence-electron chi connectivity index (χ0n) is 12.0. The van der Waals surface area contributed by atoms with E-state index in [1.807, 2.05) is 6.92 Å². The fraction of sp³-hybridized carbons (Fsp3) is 0.333. The summed E-state index contributed by atoms with van der Waals surface area (Å²) in [7, 11) is 0. The van der Waals surface area contributed by atoms with E-state index in [1.54, 1.807) is 19.1 Å². The molecule has 0 aliphatic heterocycles. The molecule has 2 rings (SSSR count). The van der Waals surface area contributed by atoms with Gasteiger partial charge in [-0.05, 0) is 31.5 Å². The summed E-state index contributed by atoms with van der Waals surface area (Å²) in [6.45, 7) is 3.82. The van der Waals surface area contributed by atoms with Crippen LogP contribution in [0, 0.1) is 17.0 Å². The Morgan fingerprint density at radius 3 is 2.76 bits per heavy atom. The van der Waals surface area contributed by atoms with E-state index in [2.05, 4.69) is 10.3 Å². The number of rotatable bonds is 5. The molecule has 6 nitrogen and oxygen atoms in total. The maximum Gasteiger partial charge on any atom is 0.278 e. The van der Waals surface area contributed by atoms with Crippen molar-refractivity contribution in [2.24, 2.45) is 0 Å². The second kappa shape index (κ2) is 6.30. The van der Waals surface area contributed by atoms with E-state index < -0.39 is 4.92 Å². The van der Waals surface area contributed by atoms with E-state index in [9.17, 15) is 14.9 Å². The molecule has 2 aromatic rings. The Morgan fingerprint density at radius 1 is 1.33 bits per heavy atom. The van der Waals surface area contributed by atoms with Crippen molar-refractivity contribution < 1.29 is 9.72 Å². The van der Waals surface area contributed by atoms with Crippen LogP contribution in [-0.4, -0.2) is 15.8 Å². The van der Waals surface area contributed by atoms with Crippen LogP contribution in [0.2, 0.25) is 0 Å². The molecule has 0 saturated heterocycles. The van der Waals surface area contributed by atoms with Gasteiger partial charge in [0.15, 0.2) is 0 Å². The number of hydrogen-bond donors (Lipinski definition) is 1. The smallest absolute Gasteiger partial charge is 0.278 e. The number of nitro benzene ring substituents is 1. The van der Waals surface area contributed by atoms with Crippen molar-refractivity contribution in [2.45, 2.75) is 33.1 Å². The van der Waals surface area contributed by atoms with E-state index >= 15 is 0 Å². The number of benzene rings is 1. The highest BCUT2D eigenvalue weighted by molar-refractivity contribution is 6.03. The summed E-state index contributed by atoms with van der Waals surface area (Å²) in [5, 5.41) is 14.3. The van der Waals surface area contributed by atoms with E-state index in [4.69, 9.17) is 0 Å². The second-order valence-corrected chi connectivity index (χ2v) is 4.89. The Labute approximate surface area is 122 Å². The molecule has 0 saturated carbocycles. The van der Waals surface area contributed by atoms with Crippen LogP contribution in [0.3, 0.4) is 0 Å². The highest BCUT2D eigenvalue weighted by atomic mass is 16.6. The monoisotopic (exact) mass is 287 g/mol. The first kappa shape index (κ1) is 14.9. The van der Waals surface area contributed by atoms with Gasteiger partial charge in [0.05, 0.1) is 16.0 Å². The van der Waals surface area contributed by atoms with Gasteiger partial charge in [-0.15, -0.1) is 0 Å². The SMILES string of the molecule is CCCCC(=O)Nc1ccc([N+](=O)[O-])c2ccc(C)nc12. The Kier molecular flexibility index (Phi) is 4.47. The number of carbonyl (C=O) groups excluding carboxylic acids is 1. The molecule has 1 aromatic carbocycles. The largest absolute Gasteiger partial charge is 0.324 e. The lowest BCUT2D eigenvalue weighted by molar-refractivity contribution is -0.383. The number of anilines is 1. The maximum absolute atomic E-state index is 11.8. The lowest BCUT2D eigenvalue weighted by Gasteiger charge is -2.09. The zero-order chi connectivity index (χ0) is 15.4. The van der Waals surface area contributed by atoms with Gasteiger partial charge < -0.3 is 5.32 Å². The lowest BCUT2D eigenvalue weighted by Crippen LogP contribution is -2.11. The number of amides is 1. The van der Waals surface area contributed by atoms with E-state index in [0.717, 1.165) is 18.5 Å². The van der Waals surface area contributed by atoms with Gasteiger partial charge in [0, 0.05) is 18.2 Å². The molecular weight excluding hydrogens is 270 g/mol. The zero-order valence-corrected chi connectivity index (χ0v) is 12.0. The standard InChI is InChI=1S/C15H17N3O3/c1-3-4-5-14(19)17-12-8-9-13(18(20)21)11-7-6-10(2)16-15(11)12/h6-9H,3-5H2,1-2H3,(H,17,19). The van der Waals surface area contributed by atoms with Crippen LogP contribution in [0.5, 0.6) is 0 Å². The quantitative estimate of drug-likeness (QED) is 0.672. The number of non-ortho nitro benzene ring substituents is 1. The number of carbonyl (C=O) groups is 1. The minimum absolute atomic E-state index is 0.0101. The fourth-order valence-electron chi connectivity index (χ4n) is 2.11. The summed E-state index contributed by atoms with van der Waals surface area (Å²) >= 11 is 0. The van der Waals surface area contributed by atoms with Gasteiger partial charge >= 0.3 is 0 Å². The predicted molar refractivity (Wildman–Crippen MR) is 81.3 cm³/mol. The van der Waals surface area contributed by atoms with Crippen LogP contribution in [0.25, 0.3) is 10.9 Å². The highest BCUT2D eigenvalue weighted by Crippen LogP contribution is 2.30. The summed E-state index contributed by atoms with van der Waals surface area (Å²) in [4.78, 5) is 26.8. The lowest BCUT2D eigenvalue weighted by atomic mass is 10.1. The molecule has 1 heterocycles. The summed E-state index contributed by atoms with van der Waals surface area (Å²) in [5.74, 6) is -0.102. The van der Waals surface area contributed by atoms with Crippen LogP contribution >= 0.6 is 0 Å². The van der Waals surface area contributed by atoms with Gasteiger partial charge in [-0.3, -0.25) is 19.9 Å². The van der Waals surface area contributed by atoms with E-state index in [-0.39, 0.29) is 11.6 Å². The second-order valence-electron chi connectivity index (χ2n) is 4.89. The maximum atomic E-state index is 11.8. The molecule has 0 aliphatic carbocycles. The first-order valence-electron chi connectivity index (χ1n) is 6.87. The number of aromatic nitrogens is 1. The van der Waals surface area contributed by atoms with Crippen molar-refractivity contribution in [3.05, 3.63) is 40.1 Å². The molecule has 0 aliphatic rings. The van der Waals surface area contributed by atoms with Gasteiger partial charge in [0.2, 0.25) is 5.91 Å². The number of unbranched alkanes of at least 4 members (excludes halogenated alkanes) is 1. The van der Waals surface area contributed by atoms with Gasteiger partial charge in [-0.2, -0.15) is 0 Å². The average molecular weight is 287 g/mol. The minimum atomic E-state index is -0.442. The third kappa shape index (κ3) is 3.34. The van der Waals surface area contributed by atoms with Crippen molar-refractivity contribution in [3.8, 4) is 0 Å². The molecule has 0 fully saturated rings. The van der Waals surface area contributed by atoms with Crippen LogP contribution < -0.4 is 5.32 Å². The van der Waals surface area contributed by atoms with Crippen LogP contribution in [-0.2, 0) is 4.79 Å². The number of hydrogen-bond acceptors (Lipinski definition) is 4. The minimum Gasteiger partial charge on any atom is -0.324 e. The number of nitro groups is 1. The molecule has 1 aromatic heterocycles. The number of fused-ring (bicyclic) bond motifs is 1. The summed E-state index contributed by atoms with van der Waals surface area (Å²) < 4.78 is 0. The van der Waals surface area contributed by atoms with Gasteiger partial charge in [-0.1, -0.05) is 13.3 Å². The fourth-order valence-corrected chi connectivity index (χ4v) is 2.11. The first-order chi connectivity index (χ1) is 10.0. The molecule has 21 heavy (non-hydrogen) atoms. The molecule has 0 bridgehead atoms. The van der Waals surface area contributed by atoms with Crippen molar-refractivity contribution in [1.29, 1.82) is 0 Å². The Hall–Kier alpha value is -2.50. The van der Waals surface area contributed by atoms with Crippen molar-refractivity contribution >= 4 is 28.2 Å². The Morgan fingerprint density at radius 2 is 2.10 bits per heavy atom. The van der Waals surface area contributed by atoms with Gasteiger partial charge in [-0.25, -0.2) is 0 Å². The first-order valence-corrected chi connectivity index (χ1v) is 6.87. The molecule has 0 spiro atoms. The van der Waals surface area contributed by atoms with Crippen molar-refractivity contribution in [1.82, 2.24) is 4.98 Å². The molecule has 0 atom stereocenters. The molecule has 6 heteroatoms. The third-order valence-electron chi connectivity index (χ3n) is 3.20. The van der Waals surface area contributed by atoms with Gasteiger partial charge in [0.25, 0.3) is 5.69 Å².